The van der Waals surface area contributed by atoms with Gasteiger partial charge in [0.2, 0.25) is 5.91 Å². The molecule has 0 aliphatic heterocycles. The number of carbonyl (C=O) groups excluding carboxylic acids is 1. The van der Waals surface area contributed by atoms with Crippen LogP contribution in [0.15, 0.2) is 77.3 Å². The molecule has 0 aliphatic carbocycles. The number of benzene rings is 3. The molecule has 0 radical (unpaired) electrons. The van der Waals surface area contributed by atoms with Crippen LogP contribution in [0.2, 0.25) is 0 Å². The molecule has 0 atom stereocenters. The fourth-order valence-corrected chi connectivity index (χ4v) is 3.65. The minimum Gasteiger partial charge on any atom is -0.493 e. The second-order valence-electron chi connectivity index (χ2n) is 7.33. The van der Waals surface area contributed by atoms with Gasteiger partial charge in [-0.25, -0.2) is 0 Å². The summed E-state index contributed by atoms with van der Waals surface area (Å²) in [5.74, 6) is 1.61. The third-order valence-electron chi connectivity index (χ3n) is 4.81. The van der Waals surface area contributed by atoms with Crippen molar-refractivity contribution in [2.24, 2.45) is 0 Å². The highest BCUT2D eigenvalue weighted by atomic mass is 79.9. The van der Waals surface area contributed by atoms with Crippen molar-refractivity contribution in [3.05, 3.63) is 88.4 Å². The third-order valence-corrected chi connectivity index (χ3v) is 5.39. The summed E-state index contributed by atoms with van der Waals surface area (Å²) in [7, 11) is 1.59. The summed E-state index contributed by atoms with van der Waals surface area (Å²) in [6, 6.07) is 21.1. The van der Waals surface area contributed by atoms with Crippen molar-refractivity contribution in [3.63, 3.8) is 0 Å². The van der Waals surface area contributed by atoms with E-state index in [1.165, 1.54) is 6.08 Å². The Kier molecular flexibility index (Phi) is 9.39. The van der Waals surface area contributed by atoms with Crippen molar-refractivity contribution >= 4 is 33.6 Å². The number of halogens is 1. The van der Waals surface area contributed by atoms with Crippen LogP contribution in [-0.4, -0.2) is 19.6 Å². The molecule has 3 aromatic carbocycles. The number of anilines is 1. The van der Waals surface area contributed by atoms with Crippen LogP contribution in [0.4, 0.5) is 5.69 Å². The van der Waals surface area contributed by atoms with Crippen LogP contribution in [0.5, 0.6) is 17.2 Å². The Labute approximate surface area is 203 Å². The first-order chi connectivity index (χ1) is 16.1. The Bertz CT molecular complexity index is 1080. The second kappa shape index (κ2) is 12.7. The molecule has 172 valence electrons. The zero-order valence-corrected chi connectivity index (χ0v) is 20.4. The molecule has 0 fully saturated rings. The molecule has 0 saturated carbocycles. The quantitative estimate of drug-likeness (QED) is 0.226. The molecule has 0 aromatic heterocycles. The Morgan fingerprint density at radius 2 is 1.76 bits per heavy atom. The number of hydrogen-bond donors (Lipinski definition) is 1. The number of nitrogens with one attached hydrogen (secondary N) is 1. The van der Waals surface area contributed by atoms with Crippen molar-refractivity contribution in [3.8, 4) is 17.2 Å². The molecular formula is C27H28BrNO4. The Hall–Kier alpha value is -3.25. The summed E-state index contributed by atoms with van der Waals surface area (Å²) in [4.78, 5) is 12.5. The topological polar surface area (TPSA) is 56.8 Å². The van der Waals surface area contributed by atoms with Crippen molar-refractivity contribution < 1.29 is 19.0 Å². The summed E-state index contributed by atoms with van der Waals surface area (Å²) in [5, 5.41) is 2.88. The molecule has 6 heteroatoms. The molecular weight excluding hydrogens is 482 g/mol. The Balaban J connectivity index is 1.67. The van der Waals surface area contributed by atoms with Crippen molar-refractivity contribution in [1.82, 2.24) is 0 Å². The Morgan fingerprint density at radius 1 is 1.00 bits per heavy atom. The number of unbranched alkanes of at least 4 members (excludes halogenated alkanes) is 1. The zero-order chi connectivity index (χ0) is 23.5. The molecule has 0 bridgehead atoms. The number of hydrogen-bond acceptors (Lipinski definition) is 4. The molecule has 33 heavy (non-hydrogen) atoms. The van der Waals surface area contributed by atoms with Crippen LogP contribution in [0.3, 0.4) is 0 Å². The lowest BCUT2D eigenvalue weighted by molar-refractivity contribution is -0.111. The summed E-state index contributed by atoms with van der Waals surface area (Å²) in [5.41, 5.74) is 2.51. The van der Waals surface area contributed by atoms with Crippen molar-refractivity contribution in [2.75, 3.05) is 19.0 Å². The van der Waals surface area contributed by atoms with Crippen LogP contribution in [0.25, 0.3) is 6.08 Å². The van der Waals surface area contributed by atoms with Crippen LogP contribution in [0.1, 0.15) is 30.9 Å². The largest absolute Gasteiger partial charge is 0.493 e. The van der Waals surface area contributed by atoms with Crippen LogP contribution >= 0.6 is 15.9 Å². The average molecular weight is 510 g/mol. The third kappa shape index (κ3) is 7.39. The molecule has 1 N–H and O–H groups in total. The van der Waals surface area contributed by atoms with E-state index in [2.05, 4.69) is 28.2 Å². The predicted molar refractivity (Wildman–Crippen MR) is 136 cm³/mol. The first kappa shape index (κ1) is 24.4. The molecule has 0 spiro atoms. The van der Waals surface area contributed by atoms with E-state index in [0.29, 0.717) is 36.1 Å². The summed E-state index contributed by atoms with van der Waals surface area (Å²) >= 11 is 3.56. The highest BCUT2D eigenvalue weighted by Gasteiger charge is 2.12. The summed E-state index contributed by atoms with van der Waals surface area (Å²) in [6.07, 6.45) is 5.22. The SMILES string of the molecule is CCCCOc1ccccc1NC(=O)C=Cc1cc(Br)c(OCc2ccccc2)c(OC)c1. The van der Waals surface area contributed by atoms with E-state index in [9.17, 15) is 4.79 Å². The van der Waals surface area contributed by atoms with Gasteiger partial charge in [0.25, 0.3) is 0 Å². The van der Waals surface area contributed by atoms with E-state index in [0.717, 1.165) is 28.4 Å². The normalized spacial score (nSPS) is 10.8. The summed E-state index contributed by atoms with van der Waals surface area (Å²) in [6.45, 7) is 3.15. The van der Waals surface area contributed by atoms with Crippen molar-refractivity contribution in [2.45, 2.75) is 26.4 Å². The first-order valence-corrected chi connectivity index (χ1v) is 11.6. The van der Waals surface area contributed by atoms with E-state index in [4.69, 9.17) is 14.2 Å². The lowest BCUT2D eigenvalue weighted by Crippen LogP contribution is -2.09. The monoisotopic (exact) mass is 509 g/mol. The minimum absolute atomic E-state index is 0.249. The molecule has 0 heterocycles. The number of amides is 1. The molecule has 0 aliphatic rings. The van der Waals surface area contributed by atoms with Gasteiger partial charge >= 0.3 is 0 Å². The van der Waals surface area contributed by atoms with E-state index in [1.54, 1.807) is 13.2 Å². The van der Waals surface area contributed by atoms with Crippen LogP contribution in [-0.2, 0) is 11.4 Å². The number of carbonyl (C=O) groups is 1. The van der Waals surface area contributed by atoms with Gasteiger partial charge < -0.3 is 19.5 Å². The highest BCUT2D eigenvalue weighted by Crippen LogP contribution is 2.37. The molecule has 3 rings (SSSR count). The molecule has 0 saturated heterocycles. The zero-order valence-electron chi connectivity index (χ0n) is 18.8. The lowest BCUT2D eigenvalue weighted by atomic mass is 10.2. The van der Waals surface area contributed by atoms with Crippen LogP contribution < -0.4 is 19.5 Å². The number of ether oxygens (including phenoxy) is 3. The smallest absolute Gasteiger partial charge is 0.248 e. The predicted octanol–water partition coefficient (Wildman–Crippen LogP) is 6.87. The van der Waals surface area contributed by atoms with Gasteiger partial charge in [0.1, 0.15) is 12.4 Å². The van der Waals surface area contributed by atoms with Gasteiger partial charge in [-0.2, -0.15) is 0 Å². The Morgan fingerprint density at radius 3 is 2.52 bits per heavy atom. The first-order valence-electron chi connectivity index (χ1n) is 10.9. The molecule has 0 unspecified atom stereocenters. The number of rotatable bonds is 11. The molecule has 5 nitrogen and oxygen atoms in total. The molecule has 1 amide bonds. The van der Waals surface area contributed by atoms with Gasteiger partial charge in [0, 0.05) is 6.08 Å². The highest BCUT2D eigenvalue weighted by molar-refractivity contribution is 9.10. The van der Waals surface area contributed by atoms with Gasteiger partial charge in [-0.15, -0.1) is 0 Å². The maximum Gasteiger partial charge on any atom is 0.248 e. The van der Waals surface area contributed by atoms with Crippen molar-refractivity contribution in [1.29, 1.82) is 0 Å². The molecule has 3 aromatic rings. The average Bonchev–Trinajstić information content (AvgIpc) is 2.83. The van der Waals surface area contributed by atoms with Gasteiger partial charge in [-0.3, -0.25) is 4.79 Å². The summed E-state index contributed by atoms with van der Waals surface area (Å²) < 4.78 is 18.0. The van der Waals surface area contributed by atoms with E-state index >= 15 is 0 Å². The fraction of sp³-hybridized carbons (Fsp3) is 0.222. The standard InChI is InChI=1S/C27H28BrNO4/c1-3-4-16-32-24-13-9-8-12-23(24)29-26(30)15-14-21-17-22(28)27(25(18-21)31-2)33-19-20-10-6-5-7-11-20/h5-15,17-18H,3-4,16,19H2,1-2H3,(H,29,30). The van der Waals surface area contributed by atoms with Crippen LogP contribution in [0, 0.1) is 0 Å². The maximum absolute atomic E-state index is 12.5. The fourth-order valence-electron chi connectivity index (χ4n) is 3.07. The lowest BCUT2D eigenvalue weighted by Gasteiger charge is -2.14. The number of para-hydroxylation sites is 2. The minimum atomic E-state index is -0.249. The second-order valence-corrected chi connectivity index (χ2v) is 8.18. The number of methoxy groups -OCH3 is 1. The maximum atomic E-state index is 12.5. The van der Waals surface area contributed by atoms with Gasteiger partial charge in [0.05, 0.1) is 23.9 Å². The van der Waals surface area contributed by atoms with E-state index < -0.39 is 0 Å². The van der Waals surface area contributed by atoms with E-state index in [-0.39, 0.29) is 5.91 Å². The van der Waals surface area contributed by atoms with Gasteiger partial charge in [-0.1, -0.05) is 55.8 Å². The van der Waals surface area contributed by atoms with Gasteiger partial charge in [0.15, 0.2) is 11.5 Å². The van der Waals surface area contributed by atoms with E-state index in [1.807, 2.05) is 66.7 Å². The van der Waals surface area contributed by atoms with Gasteiger partial charge in [-0.05, 0) is 63.8 Å².